The average Bonchev–Trinajstić information content (AvgIpc) is 3.35. The van der Waals surface area contributed by atoms with Gasteiger partial charge in [-0.15, -0.1) is 11.3 Å². The number of nitrogen functional groups attached to an aromatic ring is 1. The van der Waals surface area contributed by atoms with E-state index in [-0.39, 0.29) is 29.1 Å². The highest BCUT2D eigenvalue weighted by molar-refractivity contribution is 7.21. The normalized spacial score (nSPS) is 10.9. The number of benzene rings is 2. The lowest BCUT2D eigenvalue weighted by Gasteiger charge is -2.11. The van der Waals surface area contributed by atoms with Crippen molar-refractivity contribution in [2.24, 2.45) is 0 Å². The van der Waals surface area contributed by atoms with Gasteiger partial charge in [0.15, 0.2) is 0 Å². The van der Waals surface area contributed by atoms with Crippen molar-refractivity contribution in [1.29, 1.82) is 5.41 Å². The molecule has 140 valence electrons. The van der Waals surface area contributed by atoms with Gasteiger partial charge in [-0.3, -0.25) is 10.2 Å². The van der Waals surface area contributed by atoms with E-state index in [1.165, 1.54) is 29.7 Å². The summed E-state index contributed by atoms with van der Waals surface area (Å²) < 4.78 is 21.3. The fourth-order valence-electron chi connectivity index (χ4n) is 2.92. The number of rotatable bonds is 5. The summed E-state index contributed by atoms with van der Waals surface area (Å²) >= 11 is 1.38. The van der Waals surface area contributed by atoms with Crippen molar-refractivity contribution in [3.63, 3.8) is 0 Å². The molecule has 0 fully saturated rings. The van der Waals surface area contributed by atoms with Crippen LogP contribution in [0.2, 0.25) is 0 Å². The average molecular weight is 393 g/mol. The molecule has 0 radical (unpaired) electrons. The minimum atomic E-state index is -0.806. The zero-order chi connectivity index (χ0) is 19.7. The van der Waals surface area contributed by atoms with Gasteiger partial charge in [-0.25, -0.2) is 4.39 Å². The lowest BCUT2D eigenvalue weighted by molar-refractivity contribution is 0.0944. The summed E-state index contributed by atoms with van der Waals surface area (Å²) in [6, 6.07) is 15.7. The number of halogens is 1. The Balaban J connectivity index is 1.66. The fraction of sp³-hybridized carbons (Fsp3) is 0.0476. The number of anilines is 1. The molecule has 4 aromatic rings. The summed E-state index contributed by atoms with van der Waals surface area (Å²) in [6.45, 7) is 0.138. The molecule has 0 saturated heterocycles. The topological polar surface area (TPSA) is 92.1 Å². The minimum absolute atomic E-state index is 0.0446. The number of furan rings is 1. The van der Waals surface area contributed by atoms with E-state index < -0.39 is 11.7 Å². The molecule has 2 aromatic carbocycles. The molecule has 2 aromatic heterocycles. The van der Waals surface area contributed by atoms with Crippen LogP contribution in [0.4, 0.5) is 10.1 Å². The van der Waals surface area contributed by atoms with Gasteiger partial charge in [-0.2, -0.15) is 0 Å². The molecule has 0 bridgehead atoms. The van der Waals surface area contributed by atoms with Gasteiger partial charge in [-0.05, 0) is 41.8 Å². The standard InChI is InChI=1S/C21H16FN3O2S/c22-19-14(21(26)25-11-13-5-3-9-27-13)7-8-15(23)18(19)20(24)17-10-12-4-1-2-6-16(12)28-17/h1-10,24H,11,23H2,(H,25,26). The van der Waals surface area contributed by atoms with Crippen LogP contribution in [0.25, 0.3) is 10.1 Å². The van der Waals surface area contributed by atoms with Crippen molar-refractivity contribution in [3.05, 3.63) is 88.4 Å². The number of hydrogen-bond donors (Lipinski definition) is 3. The van der Waals surface area contributed by atoms with Crippen LogP contribution in [-0.4, -0.2) is 11.6 Å². The Hall–Kier alpha value is -3.45. The number of amides is 1. The van der Waals surface area contributed by atoms with Crippen LogP contribution in [0.15, 0.2) is 65.3 Å². The lowest BCUT2D eigenvalue weighted by atomic mass is 10.0. The van der Waals surface area contributed by atoms with Gasteiger partial charge < -0.3 is 15.5 Å². The van der Waals surface area contributed by atoms with E-state index in [9.17, 15) is 4.79 Å². The summed E-state index contributed by atoms with van der Waals surface area (Å²) in [7, 11) is 0. The summed E-state index contributed by atoms with van der Waals surface area (Å²) in [5.74, 6) is -0.846. The minimum Gasteiger partial charge on any atom is -0.467 e. The third kappa shape index (κ3) is 3.27. The Kier molecular flexibility index (Phi) is 4.67. The Morgan fingerprint density at radius 2 is 2.00 bits per heavy atom. The van der Waals surface area contributed by atoms with Crippen LogP contribution < -0.4 is 11.1 Å². The summed E-state index contributed by atoms with van der Waals surface area (Å²) in [5.41, 5.74) is 5.78. The van der Waals surface area contributed by atoms with Crippen LogP contribution in [0.3, 0.4) is 0 Å². The molecule has 2 heterocycles. The Morgan fingerprint density at radius 1 is 1.18 bits per heavy atom. The molecule has 0 saturated carbocycles. The van der Waals surface area contributed by atoms with Gasteiger partial charge >= 0.3 is 0 Å². The molecule has 28 heavy (non-hydrogen) atoms. The van der Waals surface area contributed by atoms with Crippen LogP contribution in [0.5, 0.6) is 0 Å². The number of thiophene rings is 1. The maximum absolute atomic E-state index is 15.1. The Labute approximate surface area is 164 Å². The van der Waals surface area contributed by atoms with E-state index >= 15 is 4.39 Å². The molecule has 0 spiro atoms. The third-order valence-electron chi connectivity index (χ3n) is 4.34. The molecule has 5 nitrogen and oxygen atoms in total. The summed E-state index contributed by atoms with van der Waals surface area (Å²) in [4.78, 5) is 13.0. The quantitative estimate of drug-likeness (QED) is 0.343. The second-order valence-electron chi connectivity index (χ2n) is 6.18. The van der Waals surface area contributed by atoms with E-state index in [4.69, 9.17) is 15.6 Å². The van der Waals surface area contributed by atoms with E-state index in [0.717, 1.165) is 10.1 Å². The van der Waals surface area contributed by atoms with Crippen molar-refractivity contribution >= 4 is 38.7 Å². The van der Waals surface area contributed by atoms with Crippen LogP contribution in [0.1, 0.15) is 26.6 Å². The zero-order valence-corrected chi connectivity index (χ0v) is 15.5. The van der Waals surface area contributed by atoms with E-state index in [1.54, 1.807) is 12.1 Å². The van der Waals surface area contributed by atoms with Crippen LogP contribution in [-0.2, 0) is 6.54 Å². The number of carbonyl (C=O) groups excluding carboxylic acids is 1. The summed E-state index contributed by atoms with van der Waals surface area (Å²) in [6.07, 6.45) is 1.50. The molecule has 7 heteroatoms. The Morgan fingerprint density at radius 3 is 2.75 bits per heavy atom. The van der Waals surface area contributed by atoms with Crippen molar-refractivity contribution in [1.82, 2.24) is 5.32 Å². The number of nitrogens with two attached hydrogens (primary N) is 1. The first-order valence-electron chi connectivity index (χ1n) is 8.51. The highest BCUT2D eigenvalue weighted by Gasteiger charge is 2.22. The van der Waals surface area contributed by atoms with Crippen molar-refractivity contribution in [2.45, 2.75) is 6.54 Å². The number of nitrogens with one attached hydrogen (secondary N) is 2. The van der Waals surface area contributed by atoms with Crippen molar-refractivity contribution < 1.29 is 13.6 Å². The van der Waals surface area contributed by atoms with Gasteiger partial charge in [0.25, 0.3) is 5.91 Å². The van der Waals surface area contributed by atoms with Crippen molar-refractivity contribution in [2.75, 3.05) is 5.73 Å². The van der Waals surface area contributed by atoms with Gasteiger partial charge in [-0.1, -0.05) is 18.2 Å². The SMILES string of the molecule is N=C(c1cc2ccccc2s1)c1c(N)ccc(C(=O)NCc2ccco2)c1F. The first-order valence-corrected chi connectivity index (χ1v) is 9.32. The molecule has 0 atom stereocenters. The molecular weight excluding hydrogens is 377 g/mol. The summed E-state index contributed by atoms with van der Waals surface area (Å²) in [5, 5.41) is 12.1. The largest absolute Gasteiger partial charge is 0.467 e. The first kappa shape index (κ1) is 17.9. The highest BCUT2D eigenvalue weighted by atomic mass is 32.1. The molecular formula is C21H16FN3O2S. The van der Waals surface area contributed by atoms with E-state index in [0.29, 0.717) is 10.6 Å². The van der Waals surface area contributed by atoms with Gasteiger partial charge in [0, 0.05) is 10.4 Å². The molecule has 0 aliphatic rings. The number of fused-ring (bicyclic) bond motifs is 1. The fourth-order valence-corrected chi connectivity index (χ4v) is 3.94. The second-order valence-corrected chi connectivity index (χ2v) is 7.26. The maximum Gasteiger partial charge on any atom is 0.254 e. The molecule has 4 N–H and O–H groups in total. The van der Waals surface area contributed by atoms with E-state index in [1.807, 2.05) is 30.3 Å². The van der Waals surface area contributed by atoms with E-state index in [2.05, 4.69) is 5.32 Å². The molecule has 0 unspecified atom stereocenters. The lowest BCUT2D eigenvalue weighted by Crippen LogP contribution is -2.24. The number of carbonyl (C=O) groups is 1. The third-order valence-corrected chi connectivity index (χ3v) is 5.48. The van der Waals surface area contributed by atoms with Gasteiger partial charge in [0.1, 0.15) is 11.6 Å². The highest BCUT2D eigenvalue weighted by Crippen LogP contribution is 2.30. The Bertz CT molecular complexity index is 1150. The zero-order valence-electron chi connectivity index (χ0n) is 14.7. The van der Waals surface area contributed by atoms with Crippen LogP contribution in [0, 0.1) is 11.2 Å². The van der Waals surface area contributed by atoms with Crippen molar-refractivity contribution in [3.8, 4) is 0 Å². The molecule has 0 aliphatic heterocycles. The number of hydrogen-bond acceptors (Lipinski definition) is 5. The smallest absolute Gasteiger partial charge is 0.254 e. The second kappa shape index (κ2) is 7.28. The predicted molar refractivity (Wildman–Crippen MR) is 108 cm³/mol. The molecule has 4 rings (SSSR count). The van der Waals surface area contributed by atoms with Gasteiger partial charge in [0.05, 0.1) is 34.5 Å². The van der Waals surface area contributed by atoms with Crippen LogP contribution >= 0.6 is 11.3 Å². The monoisotopic (exact) mass is 393 g/mol. The maximum atomic E-state index is 15.1. The predicted octanol–water partition coefficient (Wildman–Crippen LogP) is 4.56. The first-order chi connectivity index (χ1) is 13.5. The molecule has 1 amide bonds. The van der Waals surface area contributed by atoms with Gasteiger partial charge in [0.2, 0.25) is 0 Å². The molecule has 0 aliphatic carbocycles.